The Bertz CT molecular complexity index is 1300. The number of nitrogen functional groups attached to an aromatic ring is 1. The zero-order chi connectivity index (χ0) is 25.5. The average molecular weight is 473 g/mol. The molecular weight excluding hydrogens is 440 g/mol. The maximum Gasteiger partial charge on any atom is 0.213 e. The van der Waals surface area contributed by atoms with Crippen molar-refractivity contribution in [2.24, 2.45) is 0 Å². The summed E-state index contributed by atoms with van der Waals surface area (Å²) < 4.78 is 10.9. The van der Waals surface area contributed by atoms with Crippen molar-refractivity contribution in [3.8, 4) is 11.6 Å². The van der Waals surface area contributed by atoms with Crippen LogP contribution in [-0.2, 0) is 11.0 Å². The highest BCUT2D eigenvalue weighted by atomic mass is 16.5. The van der Waals surface area contributed by atoms with Crippen molar-refractivity contribution in [3.05, 3.63) is 82.5 Å². The van der Waals surface area contributed by atoms with Crippen LogP contribution in [0.25, 0.3) is 0 Å². The summed E-state index contributed by atoms with van der Waals surface area (Å²) in [5.74, 6) is 1.04. The van der Waals surface area contributed by atoms with Crippen molar-refractivity contribution in [2.75, 3.05) is 26.5 Å². The summed E-state index contributed by atoms with van der Waals surface area (Å²) in [5.41, 5.74) is 9.35. The smallest absolute Gasteiger partial charge is 0.213 e. The predicted octanol–water partition coefficient (Wildman–Crippen LogP) is 4.77. The summed E-state index contributed by atoms with van der Waals surface area (Å²) in [6.45, 7) is 8.16. The van der Waals surface area contributed by atoms with Gasteiger partial charge in [-0.3, -0.25) is 10.2 Å². The molecule has 182 valence electrons. The third kappa shape index (κ3) is 4.01. The number of carbonyl (C=O) groups is 1. The number of carbonyl (C=O) groups excluding carboxylic acids is 1. The van der Waals surface area contributed by atoms with Gasteiger partial charge in [0.25, 0.3) is 0 Å². The van der Waals surface area contributed by atoms with Gasteiger partial charge in [-0.1, -0.05) is 51.1 Å². The molecule has 1 aromatic heterocycles. The first-order valence-electron chi connectivity index (χ1n) is 11.5. The minimum atomic E-state index is -0.756. The van der Waals surface area contributed by atoms with Crippen LogP contribution in [0.5, 0.6) is 11.6 Å². The lowest BCUT2D eigenvalue weighted by molar-refractivity contribution is 0.0930. The van der Waals surface area contributed by atoms with Gasteiger partial charge in [0.05, 0.1) is 32.0 Å². The number of ketones is 1. The number of amidine groups is 1. The molecule has 0 saturated heterocycles. The van der Waals surface area contributed by atoms with E-state index in [0.29, 0.717) is 28.6 Å². The topological polar surface area (TPSA) is 102 Å². The molecule has 0 bridgehead atoms. The molecule has 0 spiro atoms. The molecule has 0 radical (unpaired) electrons. The first kappa shape index (κ1) is 24.3. The Morgan fingerprint density at radius 2 is 1.77 bits per heavy atom. The fraction of sp³-hybridized carbons (Fsp3) is 0.321. The van der Waals surface area contributed by atoms with E-state index in [1.807, 2.05) is 49.4 Å². The molecule has 7 heteroatoms. The number of ether oxygens (including phenoxy) is 2. The number of hydrogen-bond acceptors (Lipinski definition) is 6. The number of nitrogens with zero attached hydrogens (tertiary/aromatic N) is 2. The monoisotopic (exact) mass is 472 g/mol. The van der Waals surface area contributed by atoms with Crippen molar-refractivity contribution >= 4 is 17.3 Å². The molecule has 2 aromatic carbocycles. The minimum Gasteiger partial charge on any atom is -0.494 e. The van der Waals surface area contributed by atoms with E-state index in [1.54, 1.807) is 31.3 Å². The molecular formula is C28H32N4O3. The van der Waals surface area contributed by atoms with E-state index in [0.717, 1.165) is 16.7 Å². The van der Waals surface area contributed by atoms with Gasteiger partial charge in [-0.05, 0) is 36.1 Å². The third-order valence-corrected chi connectivity index (χ3v) is 6.73. The highest BCUT2D eigenvalue weighted by molar-refractivity contribution is 6.06. The van der Waals surface area contributed by atoms with Crippen molar-refractivity contribution in [2.45, 2.75) is 38.6 Å². The third-order valence-electron chi connectivity index (χ3n) is 6.73. The second kappa shape index (κ2) is 8.73. The highest BCUT2D eigenvalue weighted by Gasteiger charge is 2.47. The van der Waals surface area contributed by atoms with E-state index in [4.69, 9.17) is 20.6 Å². The normalized spacial score (nSPS) is 17.3. The number of benzene rings is 2. The number of nitrogens with one attached hydrogen (secondary N) is 1. The van der Waals surface area contributed by atoms with Crippen LogP contribution in [0.15, 0.2) is 54.6 Å². The lowest BCUT2D eigenvalue weighted by atomic mass is 9.84. The standard InChI is InChI=1S/C28H32N4O3/c1-27(2,3)20-14-17(15-21(29)25(20)35-6)22(33)16-32-26(30)24-19(12-13-23(31-24)34-5)28(32,4)18-10-8-7-9-11-18/h7-15,30H,16,29H2,1-6H3. The van der Waals surface area contributed by atoms with Crippen molar-refractivity contribution < 1.29 is 14.3 Å². The van der Waals surface area contributed by atoms with E-state index in [-0.39, 0.29) is 23.6 Å². The number of hydrogen-bond donors (Lipinski definition) is 2. The van der Waals surface area contributed by atoms with Gasteiger partial charge in [0, 0.05) is 22.8 Å². The van der Waals surface area contributed by atoms with E-state index < -0.39 is 5.54 Å². The summed E-state index contributed by atoms with van der Waals surface area (Å²) in [6.07, 6.45) is 0. The number of aromatic nitrogens is 1. The number of Topliss-reactive ketones (excluding diaryl/α,β-unsaturated/α-hetero) is 1. The first-order valence-corrected chi connectivity index (χ1v) is 11.5. The van der Waals surface area contributed by atoms with Crippen LogP contribution < -0.4 is 15.2 Å². The highest BCUT2D eigenvalue weighted by Crippen LogP contribution is 2.44. The average Bonchev–Trinajstić information content (AvgIpc) is 3.05. The maximum absolute atomic E-state index is 13.7. The zero-order valence-electron chi connectivity index (χ0n) is 21.1. The molecule has 2 heterocycles. The molecule has 1 aliphatic rings. The Hall–Kier alpha value is -3.87. The molecule has 0 saturated carbocycles. The lowest BCUT2D eigenvalue weighted by Gasteiger charge is -2.37. The number of anilines is 1. The van der Waals surface area contributed by atoms with Gasteiger partial charge < -0.3 is 20.1 Å². The molecule has 1 aliphatic heterocycles. The van der Waals surface area contributed by atoms with Gasteiger partial charge in [0.15, 0.2) is 5.78 Å². The van der Waals surface area contributed by atoms with Gasteiger partial charge in [-0.25, -0.2) is 4.98 Å². The molecule has 1 atom stereocenters. The fourth-order valence-electron chi connectivity index (χ4n) is 4.77. The van der Waals surface area contributed by atoms with Crippen LogP contribution in [0.2, 0.25) is 0 Å². The maximum atomic E-state index is 13.7. The fourth-order valence-corrected chi connectivity index (χ4v) is 4.77. The van der Waals surface area contributed by atoms with E-state index >= 15 is 0 Å². The minimum absolute atomic E-state index is 0.0156. The summed E-state index contributed by atoms with van der Waals surface area (Å²) in [7, 11) is 3.13. The molecule has 0 fully saturated rings. The van der Waals surface area contributed by atoms with Crippen LogP contribution in [-0.4, -0.2) is 42.3 Å². The predicted molar refractivity (Wildman–Crippen MR) is 138 cm³/mol. The van der Waals surface area contributed by atoms with Crippen LogP contribution in [0.3, 0.4) is 0 Å². The number of fused-ring (bicyclic) bond motifs is 1. The Labute approximate surface area is 206 Å². The molecule has 1 unspecified atom stereocenters. The van der Waals surface area contributed by atoms with Gasteiger partial charge in [0.1, 0.15) is 17.3 Å². The SMILES string of the molecule is COc1ccc2c(n1)C(=N)N(CC(=O)c1cc(N)c(OC)c(C(C)(C)C)c1)C2(C)c1ccccc1. The zero-order valence-corrected chi connectivity index (χ0v) is 21.1. The molecule has 0 aliphatic carbocycles. The Morgan fingerprint density at radius 3 is 2.37 bits per heavy atom. The first-order chi connectivity index (χ1) is 16.5. The summed E-state index contributed by atoms with van der Waals surface area (Å²) in [5, 5.41) is 8.98. The van der Waals surface area contributed by atoms with Gasteiger partial charge in [-0.15, -0.1) is 0 Å². The number of rotatable bonds is 6. The largest absolute Gasteiger partial charge is 0.494 e. The van der Waals surface area contributed by atoms with Crippen LogP contribution >= 0.6 is 0 Å². The molecule has 35 heavy (non-hydrogen) atoms. The van der Waals surface area contributed by atoms with Crippen LogP contribution in [0, 0.1) is 5.41 Å². The lowest BCUT2D eigenvalue weighted by Crippen LogP contribution is -2.45. The molecule has 4 rings (SSSR count). The van der Waals surface area contributed by atoms with E-state index in [9.17, 15) is 4.79 Å². The van der Waals surface area contributed by atoms with Crippen molar-refractivity contribution in [3.63, 3.8) is 0 Å². The van der Waals surface area contributed by atoms with E-state index in [1.165, 1.54) is 0 Å². The Kier molecular flexibility index (Phi) is 6.05. The van der Waals surface area contributed by atoms with Crippen LogP contribution in [0.1, 0.15) is 60.4 Å². The number of pyridine rings is 1. The summed E-state index contributed by atoms with van der Waals surface area (Å²) >= 11 is 0. The second-order valence-electron chi connectivity index (χ2n) is 9.94. The summed E-state index contributed by atoms with van der Waals surface area (Å²) in [4.78, 5) is 20.0. The molecule has 7 nitrogen and oxygen atoms in total. The van der Waals surface area contributed by atoms with Gasteiger partial charge in [-0.2, -0.15) is 0 Å². The Balaban J connectivity index is 1.80. The number of nitrogens with two attached hydrogens (primary N) is 1. The van der Waals surface area contributed by atoms with Crippen LogP contribution in [0.4, 0.5) is 5.69 Å². The molecule has 3 aromatic rings. The van der Waals surface area contributed by atoms with Crippen molar-refractivity contribution in [1.29, 1.82) is 5.41 Å². The molecule has 3 N–H and O–H groups in total. The quantitative estimate of drug-likeness (QED) is 0.396. The van der Waals surface area contributed by atoms with Crippen molar-refractivity contribution in [1.82, 2.24) is 9.88 Å². The number of methoxy groups -OCH3 is 2. The van der Waals surface area contributed by atoms with E-state index in [2.05, 4.69) is 25.8 Å². The molecule has 0 amide bonds. The van der Waals surface area contributed by atoms with Gasteiger partial charge >= 0.3 is 0 Å². The summed E-state index contributed by atoms with van der Waals surface area (Å²) in [6, 6.07) is 17.1. The van der Waals surface area contributed by atoms with Gasteiger partial charge in [0.2, 0.25) is 5.88 Å². The second-order valence-corrected chi connectivity index (χ2v) is 9.94. The Morgan fingerprint density at radius 1 is 1.09 bits per heavy atom.